The Morgan fingerprint density at radius 3 is 2.42 bits per heavy atom. The second-order valence-corrected chi connectivity index (χ2v) is 9.93. The lowest BCUT2D eigenvalue weighted by molar-refractivity contribution is -0.132. The predicted octanol–water partition coefficient (Wildman–Crippen LogP) is 5.27. The zero-order valence-corrected chi connectivity index (χ0v) is 21.0. The molecule has 1 aromatic heterocycles. The first kappa shape index (κ1) is 24.9. The maximum absolute atomic E-state index is 13.4. The van der Waals surface area contributed by atoms with Crippen LogP contribution in [0.5, 0.6) is 0 Å². The summed E-state index contributed by atoms with van der Waals surface area (Å²) >= 11 is 0. The molecule has 3 aromatic rings. The molecule has 2 N–H and O–H groups in total. The summed E-state index contributed by atoms with van der Waals surface area (Å²) in [5.41, 5.74) is 3.37. The highest BCUT2D eigenvalue weighted by atomic mass is 16.3. The van der Waals surface area contributed by atoms with Crippen LogP contribution in [-0.4, -0.2) is 27.7 Å². The largest absolute Gasteiger partial charge is 0.507 e. The van der Waals surface area contributed by atoms with Crippen LogP contribution in [0.25, 0.3) is 5.76 Å². The van der Waals surface area contributed by atoms with E-state index in [9.17, 15) is 19.5 Å². The number of nitrogens with one attached hydrogen (secondary N) is 1. The summed E-state index contributed by atoms with van der Waals surface area (Å²) < 4.78 is 0. The lowest BCUT2D eigenvalue weighted by Crippen LogP contribution is -2.30. The molecule has 0 saturated carbocycles. The molecule has 1 fully saturated rings. The topological polar surface area (TPSA) is 99.6 Å². The summed E-state index contributed by atoms with van der Waals surface area (Å²) in [6.45, 7) is 9.44. The molecule has 7 heteroatoms. The van der Waals surface area contributed by atoms with E-state index in [1.807, 2.05) is 25.1 Å². The summed E-state index contributed by atoms with van der Waals surface area (Å²) in [7, 11) is 0. The van der Waals surface area contributed by atoms with Crippen molar-refractivity contribution in [2.75, 3.05) is 10.2 Å². The molecule has 1 saturated heterocycles. The molecule has 184 valence electrons. The summed E-state index contributed by atoms with van der Waals surface area (Å²) in [5, 5.41) is 14.2. The fourth-order valence-electron chi connectivity index (χ4n) is 4.34. The van der Waals surface area contributed by atoms with Gasteiger partial charge in [0.1, 0.15) is 11.8 Å². The summed E-state index contributed by atoms with van der Waals surface area (Å²) in [6, 6.07) is 16.7. The third kappa shape index (κ3) is 4.64. The van der Waals surface area contributed by atoms with Crippen LogP contribution in [0, 0.1) is 6.92 Å². The van der Waals surface area contributed by atoms with Crippen LogP contribution in [-0.2, 0) is 19.8 Å². The molecule has 4 rings (SSSR count). The second-order valence-electron chi connectivity index (χ2n) is 9.93. The van der Waals surface area contributed by atoms with Crippen molar-refractivity contribution < 1.29 is 19.5 Å². The fourth-order valence-corrected chi connectivity index (χ4v) is 4.34. The van der Waals surface area contributed by atoms with Gasteiger partial charge in [0, 0.05) is 30.1 Å². The van der Waals surface area contributed by atoms with Crippen molar-refractivity contribution in [1.29, 1.82) is 0 Å². The average Bonchev–Trinajstić information content (AvgIpc) is 3.09. The Balaban J connectivity index is 1.94. The second kappa shape index (κ2) is 9.41. The first-order valence-corrected chi connectivity index (χ1v) is 11.7. The highest BCUT2D eigenvalue weighted by Gasteiger charge is 2.47. The van der Waals surface area contributed by atoms with E-state index in [2.05, 4.69) is 31.1 Å². The molecule has 2 heterocycles. The van der Waals surface area contributed by atoms with E-state index >= 15 is 0 Å². The smallest absolute Gasteiger partial charge is 0.300 e. The Kier molecular flexibility index (Phi) is 6.50. The van der Waals surface area contributed by atoms with Gasteiger partial charge in [0.05, 0.1) is 11.3 Å². The number of benzene rings is 2. The Labute approximate surface area is 210 Å². The Morgan fingerprint density at radius 1 is 1.03 bits per heavy atom. The van der Waals surface area contributed by atoms with Crippen molar-refractivity contribution in [2.24, 2.45) is 0 Å². The molecule has 2 amide bonds. The number of pyridine rings is 1. The van der Waals surface area contributed by atoms with Gasteiger partial charge in [-0.25, -0.2) is 0 Å². The quantitative estimate of drug-likeness (QED) is 0.299. The van der Waals surface area contributed by atoms with Gasteiger partial charge in [-0.1, -0.05) is 45.0 Å². The minimum Gasteiger partial charge on any atom is -0.507 e. The van der Waals surface area contributed by atoms with Crippen molar-refractivity contribution in [3.8, 4) is 0 Å². The number of nitrogens with zero attached hydrogens (tertiary/aromatic N) is 2. The third-order valence-corrected chi connectivity index (χ3v) is 6.22. The number of rotatable bonds is 4. The zero-order valence-electron chi connectivity index (χ0n) is 21.0. The van der Waals surface area contributed by atoms with E-state index < -0.39 is 17.7 Å². The van der Waals surface area contributed by atoms with Crippen LogP contribution in [0.3, 0.4) is 0 Å². The minimum absolute atomic E-state index is 0.0298. The monoisotopic (exact) mass is 483 g/mol. The lowest BCUT2D eigenvalue weighted by atomic mass is 9.84. The molecular formula is C29H29N3O4. The average molecular weight is 484 g/mol. The van der Waals surface area contributed by atoms with Gasteiger partial charge in [-0.15, -0.1) is 0 Å². The molecule has 1 aliphatic rings. The van der Waals surface area contributed by atoms with Gasteiger partial charge in [-0.3, -0.25) is 24.3 Å². The highest BCUT2D eigenvalue weighted by Crippen LogP contribution is 2.42. The van der Waals surface area contributed by atoms with Gasteiger partial charge < -0.3 is 10.4 Å². The van der Waals surface area contributed by atoms with Crippen molar-refractivity contribution in [3.05, 3.63) is 94.8 Å². The molecule has 0 bridgehead atoms. The number of aryl methyl sites for hydroxylation is 1. The number of hydrogen-bond donors (Lipinski definition) is 2. The van der Waals surface area contributed by atoms with Crippen LogP contribution >= 0.6 is 0 Å². The number of amides is 2. The van der Waals surface area contributed by atoms with E-state index in [4.69, 9.17) is 0 Å². The Bertz CT molecular complexity index is 1390. The number of carbonyl (C=O) groups is 3. The Hall–Kier alpha value is -4.26. The van der Waals surface area contributed by atoms with E-state index in [-0.39, 0.29) is 22.7 Å². The van der Waals surface area contributed by atoms with Crippen molar-refractivity contribution in [1.82, 2.24) is 4.98 Å². The Morgan fingerprint density at radius 2 is 1.78 bits per heavy atom. The van der Waals surface area contributed by atoms with Crippen molar-refractivity contribution >= 4 is 34.7 Å². The molecule has 0 aliphatic carbocycles. The molecule has 1 atom stereocenters. The lowest BCUT2D eigenvalue weighted by Gasteiger charge is -2.25. The molecule has 0 spiro atoms. The summed E-state index contributed by atoms with van der Waals surface area (Å²) in [5.74, 6) is -2.08. The van der Waals surface area contributed by atoms with Gasteiger partial charge in [0.2, 0.25) is 5.91 Å². The van der Waals surface area contributed by atoms with Crippen molar-refractivity contribution in [3.63, 3.8) is 0 Å². The van der Waals surface area contributed by atoms with E-state index in [1.54, 1.807) is 48.7 Å². The number of carbonyl (C=O) groups excluding carboxylic acids is 3. The standard InChI is InChI=1S/C29H29N3O4/c1-17-12-13-19(29(3,4)5)15-22(17)26(34)24-25(23-11-6-7-14-30-23)32(28(36)27(24)35)21-10-8-9-20(16-21)31-18(2)33/h6-16,25,34H,1-5H3,(H,31,33)/b26-24+. The fraction of sp³-hybridized carbons (Fsp3) is 0.241. The SMILES string of the molecule is CC(=O)Nc1cccc(N2C(=O)C(=O)/C(=C(/O)c3cc(C(C)(C)C)ccc3C)C2c2ccccn2)c1. The molecule has 1 unspecified atom stereocenters. The van der Waals surface area contributed by atoms with Crippen LogP contribution in [0.4, 0.5) is 11.4 Å². The normalized spacial score (nSPS) is 17.4. The molecular weight excluding hydrogens is 454 g/mol. The first-order chi connectivity index (χ1) is 17.0. The maximum atomic E-state index is 13.4. The molecule has 0 radical (unpaired) electrons. The van der Waals surface area contributed by atoms with Crippen LogP contribution in [0.2, 0.25) is 0 Å². The maximum Gasteiger partial charge on any atom is 0.300 e. The summed E-state index contributed by atoms with van der Waals surface area (Å²) in [6.07, 6.45) is 1.58. The summed E-state index contributed by atoms with van der Waals surface area (Å²) in [4.78, 5) is 44.2. The zero-order chi connectivity index (χ0) is 26.2. The number of aliphatic hydroxyl groups excluding tert-OH is 1. The van der Waals surface area contributed by atoms with Gasteiger partial charge in [-0.05, 0) is 59.9 Å². The van der Waals surface area contributed by atoms with Crippen LogP contribution in [0.15, 0.2) is 72.4 Å². The van der Waals surface area contributed by atoms with Gasteiger partial charge in [0.15, 0.2) is 0 Å². The number of hydrogen-bond acceptors (Lipinski definition) is 5. The number of anilines is 2. The molecule has 36 heavy (non-hydrogen) atoms. The number of aromatic nitrogens is 1. The first-order valence-electron chi connectivity index (χ1n) is 11.7. The molecule has 2 aromatic carbocycles. The number of Topliss-reactive ketones (excluding diaryl/α,β-unsaturated/α-hetero) is 1. The van der Waals surface area contributed by atoms with E-state index in [0.29, 0.717) is 22.6 Å². The van der Waals surface area contributed by atoms with Gasteiger partial charge in [-0.2, -0.15) is 0 Å². The van der Waals surface area contributed by atoms with Crippen LogP contribution < -0.4 is 10.2 Å². The highest BCUT2D eigenvalue weighted by molar-refractivity contribution is 6.51. The van der Waals surface area contributed by atoms with Gasteiger partial charge in [0.25, 0.3) is 11.7 Å². The minimum atomic E-state index is -0.948. The van der Waals surface area contributed by atoms with E-state index in [0.717, 1.165) is 11.1 Å². The van der Waals surface area contributed by atoms with E-state index in [1.165, 1.54) is 11.8 Å². The molecule has 7 nitrogen and oxygen atoms in total. The van der Waals surface area contributed by atoms with Crippen LogP contribution in [0.1, 0.15) is 56.1 Å². The molecule has 1 aliphatic heterocycles. The predicted molar refractivity (Wildman–Crippen MR) is 140 cm³/mol. The number of ketones is 1. The third-order valence-electron chi connectivity index (χ3n) is 6.22. The van der Waals surface area contributed by atoms with Crippen molar-refractivity contribution in [2.45, 2.75) is 46.1 Å². The number of aliphatic hydroxyl groups is 1. The van der Waals surface area contributed by atoms with Gasteiger partial charge >= 0.3 is 0 Å².